The van der Waals surface area contributed by atoms with Crippen molar-refractivity contribution in [3.63, 3.8) is 0 Å². The number of hydrogen-bond donors (Lipinski definition) is 2. The molecule has 0 aliphatic carbocycles. The van der Waals surface area contributed by atoms with Gasteiger partial charge in [0.05, 0.1) is 23.1 Å². The lowest BCUT2D eigenvalue weighted by Crippen LogP contribution is -2.15. The fourth-order valence-electron chi connectivity index (χ4n) is 3.07. The van der Waals surface area contributed by atoms with Crippen LogP contribution in [0.25, 0.3) is 0 Å². The number of aryl methyl sites for hydroxylation is 1. The van der Waals surface area contributed by atoms with Gasteiger partial charge < -0.3 is 19.8 Å². The summed E-state index contributed by atoms with van der Waals surface area (Å²) in [5.74, 6) is -0.199. The first-order valence-electron chi connectivity index (χ1n) is 9.79. The summed E-state index contributed by atoms with van der Waals surface area (Å²) in [6.45, 7) is 1.64. The summed E-state index contributed by atoms with van der Waals surface area (Å²) in [6, 6.07) is 21.3. The molecule has 0 unspecified atom stereocenters. The molecule has 0 saturated carbocycles. The van der Waals surface area contributed by atoms with Crippen LogP contribution in [0, 0.1) is 12.7 Å². The van der Waals surface area contributed by atoms with Crippen LogP contribution < -0.4 is 15.4 Å². The van der Waals surface area contributed by atoms with Crippen molar-refractivity contribution in [3.8, 4) is 11.5 Å². The van der Waals surface area contributed by atoms with E-state index in [2.05, 4.69) is 10.6 Å². The summed E-state index contributed by atoms with van der Waals surface area (Å²) >= 11 is 0. The van der Waals surface area contributed by atoms with Gasteiger partial charge in [-0.15, -0.1) is 0 Å². The van der Waals surface area contributed by atoms with Crippen molar-refractivity contribution in [2.45, 2.75) is 6.92 Å². The monoisotopic (exact) mass is 430 g/mol. The van der Waals surface area contributed by atoms with Crippen LogP contribution in [-0.4, -0.2) is 11.8 Å². The molecule has 0 spiro atoms. The number of anilines is 2. The highest BCUT2D eigenvalue weighted by molar-refractivity contribution is 6.07. The van der Waals surface area contributed by atoms with Crippen LogP contribution in [0.15, 0.2) is 89.5 Å². The maximum atomic E-state index is 14.3. The maximum Gasteiger partial charge on any atom is 0.259 e. The van der Waals surface area contributed by atoms with Gasteiger partial charge in [0.15, 0.2) is 0 Å². The van der Waals surface area contributed by atoms with E-state index in [4.69, 9.17) is 9.15 Å². The molecule has 0 aliphatic rings. The molecule has 7 heteroatoms. The number of carbonyl (C=O) groups is 2. The molecule has 4 rings (SSSR count). The number of hydrogen-bond acceptors (Lipinski definition) is 4. The van der Waals surface area contributed by atoms with Crippen molar-refractivity contribution >= 4 is 23.2 Å². The smallest absolute Gasteiger partial charge is 0.259 e. The molecule has 0 atom stereocenters. The fourth-order valence-corrected chi connectivity index (χ4v) is 3.07. The van der Waals surface area contributed by atoms with Gasteiger partial charge in [-0.05, 0) is 55.5 Å². The Morgan fingerprint density at radius 1 is 0.844 bits per heavy atom. The van der Waals surface area contributed by atoms with Gasteiger partial charge in [-0.3, -0.25) is 9.59 Å². The van der Waals surface area contributed by atoms with Gasteiger partial charge in [-0.1, -0.05) is 30.3 Å². The van der Waals surface area contributed by atoms with Gasteiger partial charge in [0.2, 0.25) is 0 Å². The summed E-state index contributed by atoms with van der Waals surface area (Å²) in [6.07, 6.45) is 1.38. The molecule has 0 aliphatic heterocycles. The number of rotatable bonds is 6. The van der Waals surface area contributed by atoms with Crippen LogP contribution in [-0.2, 0) is 0 Å². The van der Waals surface area contributed by atoms with Gasteiger partial charge >= 0.3 is 0 Å². The largest absolute Gasteiger partial charge is 0.469 e. The maximum absolute atomic E-state index is 14.3. The molecular formula is C25H19FN2O4. The number of ether oxygens (including phenoxy) is 1. The first kappa shape index (κ1) is 20.9. The van der Waals surface area contributed by atoms with E-state index in [-0.39, 0.29) is 5.69 Å². The molecule has 32 heavy (non-hydrogen) atoms. The van der Waals surface area contributed by atoms with Crippen molar-refractivity contribution in [3.05, 3.63) is 108 Å². The van der Waals surface area contributed by atoms with E-state index in [0.717, 1.165) is 0 Å². The minimum atomic E-state index is -0.634. The Kier molecular flexibility index (Phi) is 5.98. The lowest BCUT2D eigenvalue weighted by Gasteiger charge is -2.13. The Balaban J connectivity index is 1.52. The standard InChI is InChI=1S/C25H19FN2O4/c1-16-19(13-14-31-16)24(29)28-22-15-17(11-12-21(22)26)27-25(30)20-9-5-6-10-23(20)32-18-7-3-2-4-8-18/h2-15H,1H3,(H,27,30)(H,28,29). The van der Waals surface area contributed by atoms with Crippen LogP contribution in [0.3, 0.4) is 0 Å². The fraction of sp³-hybridized carbons (Fsp3) is 0.0400. The summed E-state index contributed by atoms with van der Waals surface area (Å²) in [5, 5.41) is 5.22. The summed E-state index contributed by atoms with van der Waals surface area (Å²) in [5.41, 5.74) is 0.846. The molecule has 3 aromatic carbocycles. The lowest BCUT2D eigenvalue weighted by molar-refractivity contribution is 0.101. The number of para-hydroxylation sites is 2. The Hall–Kier alpha value is -4.39. The van der Waals surface area contributed by atoms with E-state index in [9.17, 15) is 14.0 Å². The Labute approximate surface area is 183 Å². The molecule has 2 amide bonds. The van der Waals surface area contributed by atoms with Crippen molar-refractivity contribution in [1.29, 1.82) is 0 Å². The Bertz CT molecular complexity index is 1270. The highest BCUT2D eigenvalue weighted by Gasteiger charge is 2.16. The molecule has 0 fully saturated rings. The number of furan rings is 1. The molecule has 6 nitrogen and oxygen atoms in total. The van der Waals surface area contributed by atoms with Crippen LogP contribution in [0.4, 0.5) is 15.8 Å². The topological polar surface area (TPSA) is 80.6 Å². The average Bonchev–Trinajstić information content (AvgIpc) is 3.23. The molecule has 1 heterocycles. The Morgan fingerprint density at radius 3 is 2.31 bits per heavy atom. The van der Waals surface area contributed by atoms with Gasteiger partial charge in [-0.2, -0.15) is 0 Å². The molecular weight excluding hydrogens is 411 g/mol. The van der Waals surface area contributed by atoms with E-state index < -0.39 is 17.6 Å². The van der Waals surface area contributed by atoms with Crippen molar-refractivity contribution in [2.24, 2.45) is 0 Å². The normalized spacial score (nSPS) is 10.4. The highest BCUT2D eigenvalue weighted by atomic mass is 19.1. The third kappa shape index (κ3) is 4.67. The molecule has 160 valence electrons. The second-order valence-corrected chi connectivity index (χ2v) is 6.90. The Morgan fingerprint density at radius 2 is 1.56 bits per heavy atom. The zero-order chi connectivity index (χ0) is 22.5. The molecule has 0 radical (unpaired) electrons. The minimum absolute atomic E-state index is 0.0674. The van der Waals surface area contributed by atoms with Crippen LogP contribution in [0.1, 0.15) is 26.5 Å². The first-order valence-corrected chi connectivity index (χ1v) is 9.79. The third-order valence-corrected chi connectivity index (χ3v) is 4.68. The van der Waals surface area contributed by atoms with Gasteiger partial charge in [0.25, 0.3) is 11.8 Å². The third-order valence-electron chi connectivity index (χ3n) is 4.68. The SMILES string of the molecule is Cc1occc1C(=O)Nc1cc(NC(=O)c2ccccc2Oc2ccccc2)ccc1F. The van der Waals surface area contributed by atoms with Crippen molar-refractivity contribution in [1.82, 2.24) is 0 Å². The van der Waals surface area contributed by atoms with Gasteiger partial charge in [0, 0.05) is 5.69 Å². The van der Waals surface area contributed by atoms with Crippen LogP contribution in [0.2, 0.25) is 0 Å². The van der Waals surface area contributed by atoms with Crippen molar-refractivity contribution in [2.75, 3.05) is 10.6 Å². The zero-order valence-electron chi connectivity index (χ0n) is 17.1. The molecule has 0 saturated heterocycles. The highest BCUT2D eigenvalue weighted by Crippen LogP contribution is 2.27. The lowest BCUT2D eigenvalue weighted by atomic mass is 10.1. The number of benzene rings is 3. The number of carbonyl (C=O) groups excluding carboxylic acids is 2. The van der Waals surface area contributed by atoms with Crippen LogP contribution >= 0.6 is 0 Å². The number of nitrogens with one attached hydrogen (secondary N) is 2. The van der Waals surface area contributed by atoms with Gasteiger partial charge in [-0.25, -0.2) is 4.39 Å². The minimum Gasteiger partial charge on any atom is -0.469 e. The van der Waals surface area contributed by atoms with E-state index >= 15 is 0 Å². The van der Waals surface area contributed by atoms with Gasteiger partial charge in [0.1, 0.15) is 23.1 Å². The predicted molar refractivity (Wildman–Crippen MR) is 119 cm³/mol. The van der Waals surface area contributed by atoms with E-state index in [0.29, 0.717) is 34.1 Å². The van der Waals surface area contributed by atoms with Crippen molar-refractivity contribution < 1.29 is 23.1 Å². The number of amides is 2. The molecule has 4 aromatic rings. The molecule has 2 N–H and O–H groups in total. The number of halogens is 1. The molecule has 1 aromatic heterocycles. The first-order chi connectivity index (χ1) is 15.5. The van der Waals surface area contributed by atoms with E-state index in [1.807, 2.05) is 18.2 Å². The summed E-state index contributed by atoms with van der Waals surface area (Å²) < 4.78 is 25.2. The predicted octanol–water partition coefficient (Wildman–Crippen LogP) is 6.02. The summed E-state index contributed by atoms with van der Waals surface area (Å²) in [7, 11) is 0. The zero-order valence-corrected chi connectivity index (χ0v) is 17.1. The second kappa shape index (κ2) is 9.18. The average molecular weight is 430 g/mol. The van der Waals surface area contributed by atoms with Crippen LogP contribution in [0.5, 0.6) is 11.5 Å². The second-order valence-electron chi connectivity index (χ2n) is 6.90. The summed E-state index contributed by atoms with van der Waals surface area (Å²) in [4.78, 5) is 25.3. The quantitative estimate of drug-likeness (QED) is 0.392. The molecule has 0 bridgehead atoms. The van der Waals surface area contributed by atoms with E-state index in [1.165, 1.54) is 30.5 Å². The van der Waals surface area contributed by atoms with E-state index in [1.54, 1.807) is 43.3 Å².